The average Bonchev–Trinajstić information content (AvgIpc) is 2.46. The number of amides is 1. The first-order valence-electron chi connectivity index (χ1n) is 7.41. The molecule has 118 valence electrons. The molecule has 0 bridgehead atoms. The Hall–Kier alpha value is -2.37. The second-order valence-corrected chi connectivity index (χ2v) is 5.78. The summed E-state index contributed by atoms with van der Waals surface area (Å²) < 4.78 is 1.43. The number of carbonyl (C=O) groups is 1. The Kier molecular flexibility index (Phi) is 4.80. The molecule has 1 heterocycles. The third-order valence-electron chi connectivity index (χ3n) is 3.86. The van der Waals surface area contributed by atoms with E-state index in [2.05, 4.69) is 10.3 Å². The number of carbonyl (C=O) groups excluding carboxylic acids is 1. The maximum Gasteiger partial charge on any atom is 0.328 e. The first-order valence-corrected chi connectivity index (χ1v) is 7.41. The van der Waals surface area contributed by atoms with Gasteiger partial charge in [0.15, 0.2) is 0 Å². The van der Waals surface area contributed by atoms with E-state index in [1.807, 2.05) is 20.8 Å². The highest BCUT2D eigenvalue weighted by atomic mass is 16.2. The fourth-order valence-electron chi connectivity index (χ4n) is 2.17. The van der Waals surface area contributed by atoms with Crippen molar-refractivity contribution in [3.8, 4) is 0 Å². The van der Waals surface area contributed by atoms with Gasteiger partial charge in [0, 0.05) is 19.0 Å². The molecule has 1 amide bonds. The summed E-state index contributed by atoms with van der Waals surface area (Å²) >= 11 is 0. The van der Waals surface area contributed by atoms with Crippen LogP contribution in [0.2, 0.25) is 0 Å². The molecule has 6 heteroatoms. The monoisotopic (exact) mass is 303 g/mol. The minimum atomic E-state index is -0.492. The molecule has 0 saturated heterocycles. The van der Waals surface area contributed by atoms with Gasteiger partial charge in [0.1, 0.15) is 0 Å². The normalized spacial score (nSPS) is 12.5. The van der Waals surface area contributed by atoms with Crippen LogP contribution in [0.15, 0.2) is 33.9 Å². The number of nitrogens with one attached hydrogen (secondary N) is 2. The highest BCUT2D eigenvalue weighted by Crippen LogP contribution is 2.07. The molecule has 0 aliphatic rings. The zero-order chi connectivity index (χ0) is 16.3. The maximum atomic E-state index is 12.0. The van der Waals surface area contributed by atoms with Crippen LogP contribution in [-0.4, -0.2) is 21.5 Å². The van der Waals surface area contributed by atoms with E-state index in [1.54, 1.807) is 24.3 Å². The van der Waals surface area contributed by atoms with Crippen LogP contribution in [0, 0.1) is 5.92 Å². The highest BCUT2D eigenvalue weighted by Gasteiger charge is 2.12. The highest BCUT2D eigenvalue weighted by molar-refractivity contribution is 5.78. The van der Waals surface area contributed by atoms with Gasteiger partial charge in [0.2, 0.25) is 5.91 Å². The molecule has 22 heavy (non-hydrogen) atoms. The Balaban J connectivity index is 2.21. The van der Waals surface area contributed by atoms with Gasteiger partial charge in [-0.05, 0) is 25.0 Å². The molecule has 0 saturated carbocycles. The van der Waals surface area contributed by atoms with Gasteiger partial charge < -0.3 is 5.32 Å². The second-order valence-electron chi connectivity index (χ2n) is 5.78. The number of hydrogen-bond acceptors (Lipinski definition) is 3. The predicted molar refractivity (Wildman–Crippen MR) is 85.9 cm³/mol. The van der Waals surface area contributed by atoms with E-state index >= 15 is 0 Å². The van der Waals surface area contributed by atoms with Gasteiger partial charge in [-0.25, -0.2) is 4.79 Å². The van der Waals surface area contributed by atoms with Crippen LogP contribution in [0.4, 0.5) is 0 Å². The van der Waals surface area contributed by atoms with E-state index in [0.29, 0.717) is 16.8 Å². The number of benzene rings is 1. The lowest BCUT2D eigenvalue weighted by Crippen LogP contribution is -2.37. The van der Waals surface area contributed by atoms with E-state index in [1.165, 1.54) is 4.57 Å². The van der Waals surface area contributed by atoms with Crippen LogP contribution in [0.1, 0.15) is 27.2 Å². The Morgan fingerprint density at radius 2 is 1.91 bits per heavy atom. The smallest absolute Gasteiger partial charge is 0.328 e. The lowest BCUT2D eigenvalue weighted by molar-refractivity contribution is -0.122. The Morgan fingerprint density at radius 3 is 2.59 bits per heavy atom. The van der Waals surface area contributed by atoms with Crippen molar-refractivity contribution >= 4 is 16.8 Å². The molecular weight excluding hydrogens is 282 g/mol. The number of aryl methyl sites for hydroxylation is 1. The summed E-state index contributed by atoms with van der Waals surface area (Å²) in [5, 5.41) is 3.34. The molecule has 1 atom stereocenters. The van der Waals surface area contributed by atoms with Gasteiger partial charge >= 0.3 is 5.69 Å². The molecule has 0 radical (unpaired) electrons. The largest absolute Gasteiger partial charge is 0.353 e. The average molecular weight is 303 g/mol. The van der Waals surface area contributed by atoms with Crippen molar-refractivity contribution in [3.63, 3.8) is 0 Å². The number of nitrogens with zero attached hydrogens (tertiary/aromatic N) is 1. The SMILES string of the molecule is CC(C)C(C)NC(=O)CCn1c(=O)[nH]c(=O)c2ccccc21. The van der Waals surface area contributed by atoms with E-state index in [-0.39, 0.29) is 24.9 Å². The molecule has 0 fully saturated rings. The van der Waals surface area contributed by atoms with Crippen LogP contribution in [0.3, 0.4) is 0 Å². The number of fused-ring (bicyclic) bond motifs is 1. The van der Waals surface area contributed by atoms with Gasteiger partial charge in [-0.3, -0.25) is 19.1 Å². The summed E-state index contributed by atoms with van der Waals surface area (Å²) in [4.78, 5) is 38.0. The molecule has 0 aliphatic heterocycles. The molecule has 0 aliphatic carbocycles. The summed E-state index contributed by atoms with van der Waals surface area (Å²) in [6.45, 7) is 6.24. The van der Waals surface area contributed by atoms with Gasteiger partial charge in [-0.1, -0.05) is 26.0 Å². The summed E-state index contributed by atoms with van der Waals surface area (Å²) in [7, 11) is 0. The van der Waals surface area contributed by atoms with Crippen molar-refractivity contribution in [2.24, 2.45) is 5.92 Å². The van der Waals surface area contributed by atoms with E-state index in [0.717, 1.165) is 0 Å². The summed E-state index contributed by atoms with van der Waals surface area (Å²) in [6, 6.07) is 6.95. The van der Waals surface area contributed by atoms with Crippen LogP contribution >= 0.6 is 0 Å². The van der Waals surface area contributed by atoms with Gasteiger partial charge in [-0.15, -0.1) is 0 Å². The van der Waals surface area contributed by atoms with Gasteiger partial charge in [0.05, 0.1) is 10.9 Å². The number of aromatic nitrogens is 2. The van der Waals surface area contributed by atoms with Crippen molar-refractivity contribution in [3.05, 3.63) is 45.1 Å². The number of hydrogen-bond donors (Lipinski definition) is 2. The van der Waals surface area contributed by atoms with E-state index in [4.69, 9.17) is 0 Å². The zero-order valence-corrected chi connectivity index (χ0v) is 13.1. The first-order chi connectivity index (χ1) is 10.4. The predicted octanol–water partition coefficient (Wildman–Crippen LogP) is 1.24. The molecule has 1 aromatic heterocycles. The molecule has 0 spiro atoms. The third-order valence-corrected chi connectivity index (χ3v) is 3.86. The second kappa shape index (κ2) is 6.60. The molecule has 2 aromatic rings. The minimum Gasteiger partial charge on any atom is -0.353 e. The molecule has 2 rings (SSSR count). The molecule has 6 nitrogen and oxygen atoms in total. The third kappa shape index (κ3) is 3.44. The van der Waals surface area contributed by atoms with Crippen molar-refractivity contribution in [2.45, 2.75) is 39.8 Å². The Labute approximate surface area is 128 Å². The standard InChI is InChI=1S/C16H21N3O3/c1-10(2)11(3)17-14(20)8-9-19-13-7-5-4-6-12(13)15(21)18-16(19)22/h4-7,10-11H,8-9H2,1-3H3,(H,17,20)(H,18,21,22). The fraction of sp³-hybridized carbons (Fsp3) is 0.438. The summed E-state index contributed by atoms with van der Waals surface area (Å²) in [6.07, 6.45) is 0.188. The van der Waals surface area contributed by atoms with Crippen LogP contribution in [0.25, 0.3) is 10.9 Å². The van der Waals surface area contributed by atoms with Crippen molar-refractivity contribution in [1.82, 2.24) is 14.9 Å². The van der Waals surface area contributed by atoms with E-state index < -0.39 is 11.2 Å². The number of rotatable bonds is 5. The minimum absolute atomic E-state index is 0.0801. The molecular formula is C16H21N3O3. The fourth-order valence-corrected chi connectivity index (χ4v) is 2.17. The number of aromatic amines is 1. The van der Waals surface area contributed by atoms with Gasteiger partial charge in [-0.2, -0.15) is 0 Å². The van der Waals surface area contributed by atoms with E-state index in [9.17, 15) is 14.4 Å². The number of para-hydroxylation sites is 1. The molecule has 1 unspecified atom stereocenters. The van der Waals surface area contributed by atoms with Crippen molar-refractivity contribution in [1.29, 1.82) is 0 Å². The number of H-pyrrole nitrogens is 1. The van der Waals surface area contributed by atoms with Crippen LogP contribution in [-0.2, 0) is 11.3 Å². The first kappa shape index (κ1) is 16.0. The Morgan fingerprint density at radius 1 is 1.23 bits per heavy atom. The topological polar surface area (TPSA) is 84.0 Å². The van der Waals surface area contributed by atoms with Gasteiger partial charge in [0.25, 0.3) is 5.56 Å². The van der Waals surface area contributed by atoms with Crippen LogP contribution < -0.4 is 16.6 Å². The zero-order valence-electron chi connectivity index (χ0n) is 13.1. The van der Waals surface area contributed by atoms with Crippen LogP contribution in [0.5, 0.6) is 0 Å². The summed E-state index contributed by atoms with van der Waals surface area (Å²) in [5.74, 6) is 0.240. The maximum absolute atomic E-state index is 12.0. The van der Waals surface area contributed by atoms with Crippen molar-refractivity contribution in [2.75, 3.05) is 0 Å². The Bertz CT molecular complexity index is 789. The lowest BCUT2D eigenvalue weighted by Gasteiger charge is -2.17. The van der Waals surface area contributed by atoms with Crippen molar-refractivity contribution < 1.29 is 4.79 Å². The summed E-state index contributed by atoms with van der Waals surface area (Å²) in [5.41, 5.74) is -0.357. The molecule has 2 N–H and O–H groups in total. The quantitative estimate of drug-likeness (QED) is 0.871. The lowest BCUT2D eigenvalue weighted by atomic mass is 10.1. The molecule has 1 aromatic carbocycles.